The number of ether oxygens (including phenoxy) is 1. The molecular weight excluding hydrogens is 162 g/mol. The molecule has 0 aromatic heterocycles. The molecule has 0 aromatic rings. The Kier molecular flexibility index (Phi) is 2.37. The van der Waals surface area contributed by atoms with Crippen LogP contribution in [0, 0.1) is 17.3 Å². The van der Waals surface area contributed by atoms with Gasteiger partial charge < -0.3 is 9.64 Å². The molecule has 0 saturated carbocycles. The largest absolute Gasteiger partial charge is 0.381 e. The molecular formula is C11H21NO. The number of nitrogens with zero attached hydrogens (tertiary/aromatic N) is 1. The van der Waals surface area contributed by atoms with Crippen molar-refractivity contribution in [2.75, 3.05) is 33.4 Å². The van der Waals surface area contributed by atoms with Crippen LogP contribution in [0.1, 0.15) is 20.3 Å². The lowest BCUT2D eigenvalue weighted by molar-refractivity contribution is -0.105. The van der Waals surface area contributed by atoms with Crippen LogP contribution in [0.5, 0.6) is 0 Å². The first-order chi connectivity index (χ1) is 6.09. The molecule has 2 nitrogen and oxygen atoms in total. The monoisotopic (exact) mass is 183 g/mol. The summed E-state index contributed by atoms with van der Waals surface area (Å²) in [6.07, 6.45) is 1.36. The van der Waals surface area contributed by atoms with Gasteiger partial charge >= 0.3 is 0 Å². The third kappa shape index (κ3) is 1.75. The van der Waals surface area contributed by atoms with Crippen LogP contribution in [0.4, 0.5) is 0 Å². The summed E-state index contributed by atoms with van der Waals surface area (Å²) in [7, 11) is 2.23. The standard InChI is InChI=1S/C11H21NO/c1-11(2)8-12(3)5-4-10(11)9-6-13-7-9/h9-10H,4-8H2,1-3H3. The molecule has 0 aromatic carbocycles. The molecule has 2 saturated heterocycles. The quantitative estimate of drug-likeness (QED) is 0.612. The van der Waals surface area contributed by atoms with E-state index in [1.54, 1.807) is 0 Å². The summed E-state index contributed by atoms with van der Waals surface area (Å²) in [4.78, 5) is 2.45. The molecule has 2 heterocycles. The zero-order valence-corrected chi connectivity index (χ0v) is 9.05. The van der Waals surface area contributed by atoms with Crippen LogP contribution in [0.2, 0.25) is 0 Å². The van der Waals surface area contributed by atoms with E-state index in [9.17, 15) is 0 Å². The highest BCUT2D eigenvalue weighted by Gasteiger charge is 2.41. The predicted molar refractivity (Wildman–Crippen MR) is 53.7 cm³/mol. The van der Waals surface area contributed by atoms with Crippen molar-refractivity contribution in [2.24, 2.45) is 17.3 Å². The molecule has 0 bridgehead atoms. The van der Waals surface area contributed by atoms with Crippen LogP contribution in [-0.4, -0.2) is 38.3 Å². The number of piperidine rings is 1. The lowest BCUT2D eigenvalue weighted by atomic mass is 9.67. The van der Waals surface area contributed by atoms with Gasteiger partial charge in [0, 0.05) is 12.5 Å². The zero-order valence-electron chi connectivity index (χ0n) is 9.05. The van der Waals surface area contributed by atoms with Gasteiger partial charge in [-0.2, -0.15) is 0 Å². The van der Waals surface area contributed by atoms with Gasteiger partial charge in [0.25, 0.3) is 0 Å². The summed E-state index contributed by atoms with van der Waals surface area (Å²) < 4.78 is 5.29. The number of hydrogen-bond donors (Lipinski definition) is 0. The van der Waals surface area contributed by atoms with E-state index in [0.29, 0.717) is 5.41 Å². The Bertz CT molecular complexity index is 187. The van der Waals surface area contributed by atoms with E-state index in [1.165, 1.54) is 19.5 Å². The Balaban J connectivity index is 2.01. The second kappa shape index (κ2) is 3.25. The third-order valence-electron chi connectivity index (χ3n) is 3.74. The van der Waals surface area contributed by atoms with Crippen molar-refractivity contribution in [1.82, 2.24) is 4.90 Å². The summed E-state index contributed by atoms with van der Waals surface area (Å²) in [6.45, 7) is 9.35. The van der Waals surface area contributed by atoms with Crippen LogP contribution in [0.25, 0.3) is 0 Å². The van der Waals surface area contributed by atoms with Crippen LogP contribution >= 0.6 is 0 Å². The van der Waals surface area contributed by atoms with Crippen molar-refractivity contribution >= 4 is 0 Å². The molecule has 2 aliphatic heterocycles. The van der Waals surface area contributed by atoms with Gasteiger partial charge in [-0.1, -0.05) is 13.8 Å². The summed E-state index contributed by atoms with van der Waals surface area (Å²) in [5.41, 5.74) is 0.488. The van der Waals surface area contributed by atoms with Gasteiger partial charge in [0.15, 0.2) is 0 Å². The average molecular weight is 183 g/mol. The maximum atomic E-state index is 5.29. The molecule has 13 heavy (non-hydrogen) atoms. The normalized spacial score (nSPS) is 35.8. The molecule has 0 spiro atoms. The average Bonchev–Trinajstić information content (AvgIpc) is 1.89. The van der Waals surface area contributed by atoms with E-state index in [1.807, 2.05) is 0 Å². The Hall–Kier alpha value is -0.0800. The highest BCUT2D eigenvalue weighted by Crippen LogP contribution is 2.41. The van der Waals surface area contributed by atoms with Gasteiger partial charge in [0.1, 0.15) is 0 Å². The molecule has 0 aliphatic carbocycles. The van der Waals surface area contributed by atoms with Crippen molar-refractivity contribution in [1.29, 1.82) is 0 Å². The van der Waals surface area contributed by atoms with E-state index in [4.69, 9.17) is 4.74 Å². The Morgan fingerprint density at radius 2 is 2.00 bits per heavy atom. The lowest BCUT2D eigenvalue weighted by Gasteiger charge is -2.48. The molecule has 2 heteroatoms. The fourth-order valence-electron chi connectivity index (χ4n) is 3.00. The van der Waals surface area contributed by atoms with E-state index in [2.05, 4.69) is 25.8 Å². The minimum absolute atomic E-state index is 0.488. The second-order valence-corrected chi connectivity index (χ2v) is 5.42. The molecule has 1 atom stereocenters. The van der Waals surface area contributed by atoms with Gasteiger partial charge in [-0.25, -0.2) is 0 Å². The summed E-state index contributed by atoms with van der Waals surface area (Å²) in [6, 6.07) is 0. The van der Waals surface area contributed by atoms with Crippen LogP contribution in [0.15, 0.2) is 0 Å². The van der Waals surface area contributed by atoms with Crippen LogP contribution in [0.3, 0.4) is 0 Å². The van der Waals surface area contributed by atoms with Crippen molar-refractivity contribution in [3.63, 3.8) is 0 Å². The Labute approximate surface area is 81.3 Å². The Morgan fingerprint density at radius 3 is 2.46 bits per heavy atom. The third-order valence-corrected chi connectivity index (χ3v) is 3.74. The first kappa shape index (κ1) is 9.47. The molecule has 1 unspecified atom stereocenters. The van der Waals surface area contributed by atoms with E-state index in [-0.39, 0.29) is 0 Å². The Morgan fingerprint density at radius 1 is 1.31 bits per heavy atom. The van der Waals surface area contributed by atoms with E-state index >= 15 is 0 Å². The topological polar surface area (TPSA) is 12.5 Å². The summed E-state index contributed by atoms with van der Waals surface area (Å²) in [5.74, 6) is 1.74. The lowest BCUT2D eigenvalue weighted by Crippen LogP contribution is -2.50. The van der Waals surface area contributed by atoms with E-state index < -0.39 is 0 Å². The maximum Gasteiger partial charge on any atom is 0.0519 e. The van der Waals surface area contributed by atoms with E-state index in [0.717, 1.165) is 25.0 Å². The van der Waals surface area contributed by atoms with Crippen LogP contribution < -0.4 is 0 Å². The highest BCUT2D eigenvalue weighted by molar-refractivity contribution is 4.91. The molecule has 2 aliphatic rings. The predicted octanol–water partition coefficient (Wildman–Crippen LogP) is 1.61. The fourth-order valence-corrected chi connectivity index (χ4v) is 3.00. The second-order valence-electron chi connectivity index (χ2n) is 5.42. The maximum absolute atomic E-state index is 5.29. The van der Waals surface area contributed by atoms with Crippen LogP contribution in [-0.2, 0) is 4.74 Å². The van der Waals surface area contributed by atoms with Crippen molar-refractivity contribution in [3.8, 4) is 0 Å². The molecule has 0 N–H and O–H groups in total. The van der Waals surface area contributed by atoms with Crippen molar-refractivity contribution in [2.45, 2.75) is 20.3 Å². The zero-order chi connectivity index (χ0) is 9.47. The minimum Gasteiger partial charge on any atom is -0.381 e. The van der Waals surface area contributed by atoms with Crippen molar-refractivity contribution in [3.05, 3.63) is 0 Å². The van der Waals surface area contributed by atoms with Gasteiger partial charge in [-0.05, 0) is 31.3 Å². The molecule has 0 radical (unpaired) electrons. The number of likely N-dealkylation sites (tertiary alicyclic amines) is 1. The van der Waals surface area contributed by atoms with Gasteiger partial charge in [0.2, 0.25) is 0 Å². The molecule has 76 valence electrons. The smallest absolute Gasteiger partial charge is 0.0519 e. The molecule has 2 fully saturated rings. The first-order valence-electron chi connectivity index (χ1n) is 5.36. The fraction of sp³-hybridized carbons (Fsp3) is 1.00. The number of hydrogen-bond acceptors (Lipinski definition) is 2. The highest BCUT2D eigenvalue weighted by atomic mass is 16.5. The van der Waals surface area contributed by atoms with Crippen molar-refractivity contribution < 1.29 is 4.74 Å². The summed E-state index contributed by atoms with van der Waals surface area (Å²) in [5, 5.41) is 0. The SMILES string of the molecule is CN1CCC(C2COC2)C(C)(C)C1. The number of rotatable bonds is 1. The summed E-state index contributed by atoms with van der Waals surface area (Å²) >= 11 is 0. The van der Waals surface area contributed by atoms with Gasteiger partial charge in [0.05, 0.1) is 13.2 Å². The minimum atomic E-state index is 0.488. The molecule has 0 amide bonds. The first-order valence-corrected chi connectivity index (χ1v) is 5.36. The van der Waals surface area contributed by atoms with Gasteiger partial charge in [-0.3, -0.25) is 0 Å². The van der Waals surface area contributed by atoms with Gasteiger partial charge in [-0.15, -0.1) is 0 Å². The molecule has 2 rings (SSSR count).